The Balaban J connectivity index is 4.31. The van der Waals surface area contributed by atoms with Gasteiger partial charge in [-0.15, -0.1) is 0 Å². The van der Waals surface area contributed by atoms with Crippen molar-refractivity contribution in [3.05, 3.63) is 0 Å². The molecule has 0 aliphatic heterocycles. The minimum Gasteiger partial charge on any atom is -0.444 e. The molecule has 0 unspecified atom stereocenters. The highest BCUT2D eigenvalue weighted by molar-refractivity contribution is 5.73. The number of unbranched alkanes of at least 4 members (excludes halogenated alkanes) is 4. The molecule has 0 radical (unpaired) electrons. The van der Waals surface area contributed by atoms with E-state index in [-0.39, 0.29) is 0 Å². The van der Waals surface area contributed by atoms with Gasteiger partial charge >= 0.3 is 6.09 Å². The second kappa shape index (κ2) is 8.94. The van der Waals surface area contributed by atoms with Gasteiger partial charge in [0.1, 0.15) is 11.9 Å². The van der Waals surface area contributed by atoms with E-state index in [0.717, 1.165) is 19.1 Å². The summed E-state index contributed by atoms with van der Waals surface area (Å²) in [6.45, 7) is 9.96. The van der Waals surface area contributed by atoms with E-state index in [1.54, 1.807) is 6.92 Å². The van der Waals surface area contributed by atoms with E-state index in [0.29, 0.717) is 6.54 Å². The van der Waals surface area contributed by atoms with E-state index in [1.165, 1.54) is 24.2 Å². The number of carbonyl (C=O) groups excluding carboxylic acids is 2. The molecular formula is C15H29NO3. The number of rotatable bonds is 8. The maximum absolute atomic E-state index is 12.0. The van der Waals surface area contributed by atoms with Gasteiger partial charge in [-0.3, -0.25) is 4.90 Å². The van der Waals surface area contributed by atoms with Crippen LogP contribution in [0.1, 0.15) is 66.7 Å². The number of ether oxygens (including phenoxy) is 1. The van der Waals surface area contributed by atoms with Gasteiger partial charge < -0.3 is 9.53 Å². The van der Waals surface area contributed by atoms with Crippen LogP contribution in [0.2, 0.25) is 0 Å². The lowest BCUT2D eigenvalue weighted by molar-refractivity contribution is -0.112. The predicted molar refractivity (Wildman–Crippen MR) is 77.2 cm³/mol. The summed E-state index contributed by atoms with van der Waals surface area (Å²) in [7, 11) is 0. The Morgan fingerprint density at radius 3 is 2.26 bits per heavy atom. The highest BCUT2D eigenvalue weighted by Crippen LogP contribution is 2.13. The first kappa shape index (κ1) is 17.9. The Bertz CT molecular complexity index is 271. The topological polar surface area (TPSA) is 46.6 Å². The van der Waals surface area contributed by atoms with Crippen LogP contribution in [-0.4, -0.2) is 35.5 Å². The Labute approximate surface area is 117 Å². The highest BCUT2D eigenvalue weighted by atomic mass is 16.6. The number of hydrogen-bond donors (Lipinski definition) is 0. The lowest BCUT2D eigenvalue weighted by atomic mass is 10.1. The van der Waals surface area contributed by atoms with E-state index in [9.17, 15) is 9.59 Å². The summed E-state index contributed by atoms with van der Waals surface area (Å²) in [4.78, 5) is 24.4. The van der Waals surface area contributed by atoms with Crippen LogP contribution in [-0.2, 0) is 9.53 Å². The molecule has 0 bridgehead atoms. The molecule has 0 saturated carbocycles. The molecule has 0 aromatic heterocycles. The second-order valence-electron chi connectivity index (χ2n) is 5.96. The summed E-state index contributed by atoms with van der Waals surface area (Å²) in [6, 6.07) is -0.430. The van der Waals surface area contributed by atoms with Crippen molar-refractivity contribution < 1.29 is 14.3 Å². The van der Waals surface area contributed by atoms with E-state index >= 15 is 0 Å². The normalized spacial score (nSPS) is 12.9. The average Bonchev–Trinajstić information content (AvgIpc) is 2.30. The number of amides is 1. The maximum Gasteiger partial charge on any atom is 0.410 e. The molecule has 1 amide bonds. The molecule has 0 aromatic carbocycles. The summed E-state index contributed by atoms with van der Waals surface area (Å²) in [5, 5.41) is 0. The van der Waals surface area contributed by atoms with Gasteiger partial charge in [-0.1, -0.05) is 32.6 Å². The molecule has 0 aromatic rings. The Morgan fingerprint density at radius 2 is 1.79 bits per heavy atom. The average molecular weight is 271 g/mol. The third kappa shape index (κ3) is 8.62. The fourth-order valence-corrected chi connectivity index (χ4v) is 1.74. The maximum atomic E-state index is 12.0. The zero-order valence-electron chi connectivity index (χ0n) is 13.1. The fourth-order valence-electron chi connectivity index (χ4n) is 1.74. The van der Waals surface area contributed by atoms with Crippen molar-refractivity contribution >= 4 is 12.4 Å². The summed E-state index contributed by atoms with van der Waals surface area (Å²) < 4.78 is 5.33. The van der Waals surface area contributed by atoms with Crippen LogP contribution in [0.15, 0.2) is 0 Å². The first-order valence-electron chi connectivity index (χ1n) is 7.26. The highest BCUT2D eigenvalue weighted by Gasteiger charge is 2.25. The molecule has 112 valence electrons. The fraction of sp³-hybridized carbons (Fsp3) is 0.867. The van der Waals surface area contributed by atoms with Crippen molar-refractivity contribution in [1.82, 2.24) is 4.90 Å². The molecule has 0 fully saturated rings. The summed E-state index contributed by atoms with van der Waals surface area (Å²) in [6.07, 6.45) is 5.97. The van der Waals surface area contributed by atoms with Crippen LogP contribution >= 0.6 is 0 Å². The van der Waals surface area contributed by atoms with E-state index in [4.69, 9.17) is 4.74 Å². The van der Waals surface area contributed by atoms with Gasteiger partial charge in [-0.05, 0) is 34.1 Å². The first-order chi connectivity index (χ1) is 8.81. The number of carbonyl (C=O) groups is 2. The third-order valence-electron chi connectivity index (χ3n) is 2.82. The Morgan fingerprint density at radius 1 is 1.21 bits per heavy atom. The minimum absolute atomic E-state index is 0.400. The number of hydrogen-bond acceptors (Lipinski definition) is 3. The summed E-state index contributed by atoms with van der Waals surface area (Å²) in [5.41, 5.74) is -0.528. The Hall–Kier alpha value is -1.06. The van der Waals surface area contributed by atoms with Gasteiger partial charge in [0.25, 0.3) is 0 Å². The van der Waals surface area contributed by atoms with E-state index < -0.39 is 17.7 Å². The van der Waals surface area contributed by atoms with Crippen LogP contribution in [0, 0.1) is 0 Å². The molecule has 0 N–H and O–H groups in total. The second-order valence-corrected chi connectivity index (χ2v) is 5.96. The zero-order valence-corrected chi connectivity index (χ0v) is 13.1. The van der Waals surface area contributed by atoms with Gasteiger partial charge in [0.05, 0.1) is 6.04 Å². The van der Waals surface area contributed by atoms with Crippen LogP contribution < -0.4 is 0 Å². The third-order valence-corrected chi connectivity index (χ3v) is 2.82. The van der Waals surface area contributed by atoms with Crippen molar-refractivity contribution in [3.63, 3.8) is 0 Å². The monoisotopic (exact) mass is 271 g/mol. The van der Waals surface area contributed by atoms with E-state index in [1.807, 2.05) is 20.8 Å². The molecule has 0 saturated heterocycles. The van der Waals surface area contributed by atoms with Crippen molar-refractivity contribution in [2.24, 2.45) is 0 Å². The summed E-state index contributed by atoms with van der Waals surface area (Å²) in [5.74, 6) is 0. The number of aldehydes is 1. The molecule has 0 aliphatic carbocycles. The lowest BCUT2D eigenvalue weighted by Crippen LogP contribution is -2.43. The number of nitrogens with zero attached hydrogens (tertiary/aromatic N) is 1. The molecular weight excluding hydrogens is 242 g/mol. The smallest absolute Gasteiger partial charge is 0.410 e. The van der Waals surface area contributed by atoms with Crippen molar-refractivity contribution in [2.75, 3.05) is 6.54 Å². The summed E-state index contributed by atoms with van der Waals surface area (Å²) >= 11 is 0. The van der Waals surface area contributed by atoms with Gasteiger partial charge in [-0.25, -0.2) is 4.79 Å². The van der Waals surface area contributed by atoms with E-state index in [2.05, 4.69) is 6.92 Å². The van der Waals surface area contributed by atoms with Crippen LogP contribution in [0.4, 0.5) is 4.79 Å². The Kier molecular flexibility index (Phi) is 8.44. The minimum atomic E-state index is -0.528. The molecule has 4 nitrogen and oxygen atoms in total. The van der Waals surface area contributed by atoms with Gasteiger partial charge in [0.2, 0.25) is 0 Å². The molecule has 19 heavy (non-hydrogen) atoms. The van der Waals surface area contributed by atoms with Crippen molar-refractivity contribution in [1.29, 1.82) is 0 Å². The predicted octanol–water partition coefficient (Wildman–Crippen LogP) is 3.78. The van der Waals surface area contributed by atoms with Gasteiger partial charge in [-0.2, -0.15) is 0 Å². The van der Waals surface area contributed by atoms with Crippen molar-refractivity contribution in [2.45, 2.75) is 78.4 Å². The standard InChI is InChI=1S/C15H29NO3/c1-6-7-8-9-10-11-16(13(2)12-17)14(18)19-15(3,4)5/h12-13H,6-11H2,1-5H3/t13-/m1/s1. The largest absolute Gasteiger partial charge is 0.444 e. The lowest BCUT2D eigenvalue weighted by Gasteiger charge is -2.29. The van der Waals surface area contributed by atoms with Gasteiger partial charge in [0.15, 0.2) is 0 Å². The van der Waals surface area contributed by atoms with Gasteiger partial charge in [0, 0.05) is 6.54 Å². The molecule has 0 aliphatic rings. The molecule has 1 atom stereocenters. The first-order valence-corrected chi connectivity index (χ1v) is 7.26. The van der Waals surface area contributed by atoms with Crippen LogP contribution in [0.5, 0.6) is 0 Å². The molecule has 0 spiro atoms. The quantitative estimate of drug-likeness (QED) is 0.498. The van der Waals surface area contributed by atoms with Crippen molar-refractivity contribution in [3.8, 4) is 0 Å². The molecule has 0 rings (SSSR count). The van der Waals surface area contributed by atoms with Crippen LogP contribution in [0.3, 0.4) is 0 Å². The van der Waals surface area contributed by atoms with Crippen LogP contribution in [0.25, 0.3) is 0 Å². The molecule has 4 heteroatoms. The molecule has 0 heterocycles. The SMILES string of the molecule is CCCCCCCN(C(=O)OC(C)(C)C)[C@H](C)C=O. The zero-order chi connectivity index (χ0) is 14.9.